The van der Waals surface area contributed by atoms with Crippen molar-refractivity contribution in [2.24, 2.45) is 7.05 Å². The summed E-state index contributed by atoms with van der Waals surface area (Å²) in [7, 11) is 1.57. The van der Waals surface area contributed by atoms with Gasteiger partial charge in [-0.1, -0.05) is 0 Å². The molecule has 0 unspecified atom stereocenters. The van der Waals surface area contributed by atoms with Gasteiger partial charge in [-0.2, -0.15) is 0 Å². The number of hydrogen-bond acceptors (Lipinski definition) is 6. The summed E-state index contributed by atoms with van der Waals surface area (Å²) in [5, 5.41) is 10.4. The lowest BCUT2D eigenvalue weighted by Gasteiger charge is -2.08. The Balaban J connectivity index is 2.70. The second kappa shape index (κ2) is 6.95. The van der Waals surface area contributed by atoms with Crippen LogP contribution in [0.2, 0.25) is 0 Å². The molecule has 0 spiro atoms. The molecule has 0 saturated heterocycles. The van der Waals surface area contributed by atoms with E-state index in [0.29, 0.717) is 11.3 Å². The molecule has 2 aromatic heterocycles. The fraction of sp³-hybridized carbons (Fsp3) is 0.312. The van der Waals surface area contributed by atoms with Gasteiger partial charge >= 0.3 is 11.9 Å². The van der Waals surface area contributed by atoms with Crippen LogP contribution in [0.1, 0.15) is 34.7 Å². The van der Waals surface area contributed by atoms with Gasteiger partial charge in [-0.3, -0.25) is 4.98 Å². The number of pyridine rings is 1. The molecule has 2 heterocycles. The van der Waals surface area contributed by atoms with E-state index in [4.69, 9.17) is 9.47 Å². The maximum absolute atomic E-state index is 12.2. The van der Waals surface area contributed by atoms with Crippen LogP contribution in [0.15, 0.2) is 24.5 Å². The van der Waals surface area contributed by atoms with Crippen molar-refractivity contribution in [3.8, 4) is 17.0 Å². The number of hydrogen-bond donors (Lipinski definition) is 1. The maximum atomic E-state index is 12.2. The van der Waals surface area contributed by atoms with Gasteiger partial charge in [-0.25, -0.2) is 9.59 Å². The van der Waals surface area contributed by atoms with Gasteiger partial charge in [-0.15, -0.1) is 0 Å². The first-order valence-electron chi connectivity index (χ1n) is 7.19. The average molecular weight is 318 g/mol. The molecule has 0 atom stereocenters. The molecule has 122 valence electrons. The number of rotatable bonds is 5. The van der Waals surface area contributed by atoms with Crippen molar-refractivity contribution in [3.05, 3.63) is 35.8 Å². The molecule has 0 aliphatic heterocycles. The van der Waals surface area contributed by atoms with Crippen LogP contribution >= 0.6 is 0 Å². The van der Waals surface area contributed by atoms with Crippen LogP contribution in [0.4, 0.5) is 0 Å². The summed E-state index contributed by atoms with van der Waals surface area (Å²) in [5.41, 5.74) is 0.827. The zero-order valence-electron chi connectivity index (χ0n) is 13.2. The number of carbonyl (C=O) groups is 2. The van der Waals surface area contributed by atoms with E-state index >= 15 is 0 Å². The predicted octanol–water partition coefficient (Wildman–Crippen LogP) is 2.15. The number of nitrogens with zero attached hydrogens (tertiary/aromatic N) is 2. The van der Waals surface area contributed by atoms with Crippen LogP contribution in [0.3, 0.4) is 0 Å². The number of ether oxygens (including phenoxy) is 2. The Morgan fingerprint density at radius 2 is 1.70 bits per heavy atom. The van der Waals surface area contributed by atoms with E-state index in [1.165, 1.54) is 4.57 Å². The number of carbonyl (C=O) groups excluding carboxylic acids is 2. The van der Waals surface area contributed by atoms with Crippen LogP contribution in [-0.2, 0) is 16.5 Å². The van der Waals surface area contributed by atoms with Crippen molar-refractivity contribution in [1.29, 1.82) is 0 Å². The molecule has 0 aliphatic rings. The van der Waals surface area contributed by atoms with E-state index < -0.39 is 17.7 Å². The first-order chi connectivity index (χ1) is 11.0. The zero-order valence-corrected chi connectivity index (χ0v) is 13.2. The van der Waals surface area contributed by atoms with Crippen LogP contribution in [0, 0.1) is 0 Å². The fourth-order valence-electron chi connectivity index (χ4n) is 2.35. The minimum absolute atomic E-state index is 0.0661. The Bertz CT molecular complexity index is 722. The molecule has 0 fully saturated rings. The first-order valence-corrected chi connectivity index (χ1v) is 7.19. The Kier molecular flexibility index (Phi) is 5.00. The largest absolute Gasteiger partial charge is 0.505 e. The van der Waals surface area contributed by atoms with Gasteiger partial charge in [0.05, 0.1) is 18.9 Å². The minimum Gasteiger partial charge on any atom is -0.505 e. The third-order valence-corrected chi connectivity index (χ3v) is 3.27. The molecule has 7 heteroatoms. The van der Waals surface area contributed by atoms with E-state index in [-0.39, 0.29) is 24.5 Å². The molecular formula is C16H18N2O5. The first kappa shape index (κ1) is 16.5. The van der Waals surface area contributed by atoms with E-state index in [1.54, 1.807) is 45.4 Å². The molecule has 7 nitrogen and oxygen atoms in total. The van der Waals surface area contributed by atoms with E-state index in [2.05, 4.69) is 4.98 Å². The van der Waals surface area contributed by atoms with Crippen molar-refractivity contribution in [1.82, 2.24) is 9.55 Å². The summed E-state index contributed by atoms with van der Waals surface area (Å²) in [4.78, 5) is 28.3. The highest BCUT2D eigenvalue weighted by Gasteiger charge is 2.31. The SMILES string of the molecule is CCOC(=O)c1c(O)c(C(=O)OCC)n(C)c1-c1ccncc1. The zero-order chi connectivity index (χ0) is 17.0. The maximum Gasteiger partial charge on any atom is 0.358 e. The van der Waals surface area contributed by atoms with Crippen molar-refractivity contribution in [2.75, 3.05) is 13.2 Å². The van der Waals surface area contributed by atoms with Gasteiger partial charge in [0.25, 0.3) is 0 Å². The number of esters is 2. The third-order valence-electron chi connectivity index (χ3n) is 3.27. The molecule has 2 aromatic rings. The average Bonchev–Trinajstić information content (AvgIpc) is 2.79. The highest BCUT2D eigenvalue weighted by atomic mass is 16.5. The fourth-order valence-corrected chi connectivity index (χ4v) is 2.35. The smallest absolute Gasteiger partial charge is 0.358 e. The summed E-state index contributed by atoms with van der Waals surface area (Å²) in [6.07, 6.45) is 3.11. The monoisotopic (exact) mass is 318 g/mol. The second-order valence-electron chi connectivity index (χ2n) is 4.66. The third kappa shape index (κ3) is 3.03. The molecule has 0 saturated carbocycles. The molecule has 0 amide bonds. The van der Waals surface area contributed by atoms with Crippen molar-refractivity contribution in [3.63, 3.8) is 0 Å². The molecule has 23 heavy (non-hydrogen) atoms. The highest BCUT2D eigenvalue weighted by molar-refractivity contribution is 6.05. The molecular weight excluding hydrogens is 300 g/mol. The molecule has 1 N–H and O–H groups in total. The second-order valence-corrected chi connectivity index (χ2v) is 4.66. The van der Waals surface area contributed by atoms with Crippen LogP contribution in [-0.4, -0.2) is 39.8 Å². The lowest BCUT2D eigenvalue weighted by atomic mass is 10.1. The van der Waals surface area contributed by atoms with E-state index in [9.17, 15) is 14.7 Å². The van der Waals surface area contributed by atoms with Crippen molar-refractivity contribution in [2.45, 2.75) is 13.8 Å². The summed E-state index contributed by atoms with van der Waals surface area (Å²) < 4.78 is 11.4. The standard InChI is InChI=1S/C16H18N2O5/c1-4-22-15(20)11-12(10-6-8-17-9-7-10)18(3)13(14(11)19)16(21)23-5-2/h6-9,19H,4-5H2,1-3H3. The van der Waals surface area contributed by atoms with Gasteiger partial charge in [0.2, 0.25) is 0 Å². The number of aromatic nitrogens is 2. The summed E-state index contributed by atoms with van der Waals surface area (Å²) in [5.74, 6) is -1.86. The van der Waals surface area contributed by atoms with Crippen molar-refractivity contribution < 1.29 is 24.2 Å². The van der Waals surface area contributed by atoms with Gasteiger partial charge in [0.15, 0.2) is 11.4 Å². The molecule has 0 aliphatic carbocycles. The molecule has 0 bridgehead atoms. The van der Waals surface area contributed by atoms with Crippen molar-refractivity contribution >= 4 is 11.9 Å². The van der Waals surface area contributed by atoms with Gasteiger partial charge < -0.3 is 19.1 Å². The van der Waals surface area contributed by atoms with Gasteiger partial charge in [0.1, 0.15) is 5.56 Å². The Morgan fingerprint density at radius 1 is 1.13 bits per heavy atom. The van der Waals surface area contributed by atoms with Crippen LogP contribution < -0.4 is 0 Å². The predicted molar refractivity (Wildman–Crippen MR) is 82.2 cm³/mol. The van der Waals surface area contributed by atoms with Crippen LogP contribution in [0.5, 0.6) is 5.75 Å². The summed E-state index contributed by atoms with van der Waals surface area (Å²) in [6, 6.07) is 3.35. The Labute approximate surface area is 133 Å². The molecule has 0 aromatic carbocycles. The summed E-state index contributed by atoms with van der Waals surface area (Å²) in [6.45, 7) is 3.63. The van der Waals surface area contributed by atoms with Gasteiger partial charge in [0, 0.05) is 25.0 Å². The minimum atomic E-state index is -0.710. The molecule has 0 radical (unpaired) electrons. The normalized spacial score (nSPS) is 10.4. The van der Waals surface area contributed by atoms with E-state index in [0.717, 1.165) is 0 Å². The quantitative estimate of drug-likeness (QED) is 0.849. The van der Waals surface area contributed by atoms with Crippen LogP contribution in [0.25, 0.3) is 11.3 Å². The van der Waals surface area contributed by atoms with E-state index in [1.807, 2.05) is 0 Å². The Hall–Kier alpha value is -2.83. The Morgan fingerprint density at radius 3 is 2.26 bits per heavy atom. The highest BCUT2D eigenvalue weighted by Crippen LogP contribution is 2.36. The summed E-state index contributed by atoms with van der Waals surface area (Å²) >= 11 is 0. The van der Waals surface area contributed by atoms with Gasteiger partial charge in [-0.05, 0) is 26.0 Å². The molecule has 2 rings (SSSR count). The number of aromatic hydroxyl groups is 1. The topological polar surface area (TPSA) is 90.6 Å². The lowest BCUT2D eigenvalue weighted by Crippen LogP contribution is -2.10. The lowest BCUT2D eigenvalue weighted by molar-refractivity contribution is 0.0512.